The molecule has 0 aromatic heterocycles. The number of hydrogen-bond donors (Lipinski definition) is 1. The van der Waals surface area contributed by atoms with Crippen LogP contribution in [0.4, 0.5) is 0 Å². The Bertz CT molecular complexity index is 250. The molecule has 4 aliphatic carbocycles. The zero-order valence-electron chi connectivity index (χ0n) is 6.26. The molecule has 60 valence electrons. The van der Waals surface area contributed by atoms with Gasteiger partial charge in [-0.2, -0.15) is 0 Å². The summed E-state index contributed by atoms with van der Waals surface area (Å²) >= 11 is 5.90. The van der Waals surface area contributed by atoms with E-state index in [2.05, 4.69) is 6.58 Å². The van der Waals surface area contributed by atoms with Crippen molar-refractivity contribution in [3.8, 4) is 0 Å². The van der Waals surface area contributed by atoms with E-state index in [1.165, 1.54) is 5.57 Å². The zero-order valence-corrected chi connectivity index (χ0v) is 7.01. The minimum Gasteiger partial charge on any atom is -0.392 e. The first kappa shape index (κ1) is 6.50. The van der Waals surface area contributed by atoms with E-state index in [1.54, 1.807) is 0 Å². The lowest BCUT2D eigenvalue weighted by Gasteiger charge is -2.08. The van der Waals surface area contributed by atoms with Crippen molar-refractivity contribution in [2.24, 2.45) is 23.2 Å². The van der Waals surface area contributed by atoms with Gasteiger partial charge in [0.05, 0.1) is 6.10 Å². The maximum atomic E-state index is 9.70. The molecule has 4 fully saturated rings. The van der Waals surface area contributed by atoms with Gasteiger partial charge in [-0.1, -0.05) is 12.2 Å². The number of aliphatic hydroxyl groups excluding tert-OH is 1. The summed E-state index contributed by atoms with van der Waals surface area (Å²) < 4.78 is 0. The number of aliphatic hydroxyl groups is 1. The second-order valence-electron chi connectivity index (χ2n) is 4.16. The standard InChI is InChI=1S/C9H11ClO/c1-4-5-2-6-7(8(5)11)9(4,6)3-10/h5-8,11H,1-3H2. The molecule has 0 aromatic rings. The van der Waals surface area contributed by atoms with E-state index in [4.69, 9.17) is 11.6 Å². The van der Waals surface area contributed by atoms with Crippen molar-refractivity contribution >= 4 is 11.6 Å². The Balaban J connectivity index is 2.11. The average Bonchev–Trinajstić information content (AvgIpc) is 2.27. The largest absolute Gasteiger partial charge is 0.392 e. The molecule has 5 unspecified atom stereocenters. The minimum atomic E-state index is -0.105. The van der Waals surface area contributed by atoms with Crippen molar-refractivity contribution < 1.29 is 5.11 Å². The second-order valence-corrected chi connectivity index (χ2v) is 4.43. The van der Waals surface area contributed by atoms with Crippen LogP contribution < -0.4 is 0 Å². The van der Waals surface area contributed by atoms with Crippen LogP contribution in [0.15, 0.2) is 12.2 Å². The molecule has 1 nitrogen and oxygen atoms in total. The number of halogens is 1. The lowest BCUT2D eigenvalue weighted by molar-refractivity contribution is 0.140. The van der Waals surface area contributed by atoms with Crippen LogP contribution in [0, 0.1) is 23.2 Å². The summed E-state index contributed by atoms with van der Waals surface area (Å²) in [7, 11) is 0. The third kappa shape index (κ3) is 0.420. The number of rotatable bonds is 1. The molecular weight excluding hydrogens is 160 g/mol. The van der Waals surface area contributed by atoms with E-state index in [0.717, 1.165) is 6.42 Å². The molecule has 2 heteroatoms. The van der Waals surface area contributed by atoms with Gasteiger partial charge >= 0.3 is 0 Å². The smallest absolute Gasteiger partial charge is 0.0645 e. The van der Waals surface area contributed by atoms with Crippen LogP contribution in [0.3, 0.4) is 0 Å². The number of alkyl halides is 1. The Morgan fingerprint density at radius 1 is 1.73 bits per heavy atom. The van der Waals surface area contributed by atoms with Gasteiger partial charge in [0.1, 0.15) is 0 Å². The predicted molar refractivity (Wildman–Crippen MR) is 43.4 cm³/mol. The summed E-state index contributed by atoms with van der Waals surface area (Å²) in [5, 5.41) is 9.70. The summed E-state index contributed by atoms with van der Waals surface area (Å²) in [5.74, 6) is 2.24. The Morgan fingerprint density at radius 2 is 2.45 bits per heavy atom. The van der Waals surface area contributed by atoms with Gasteiger partial charge in [0.15, 0.2) is 0 Å². The molecule has 4 rings (SSSR count). The van der Waals surface area contributed by atoms with Crippen molar-refractivity contribution in [2.75, 3.05) is 5.88 Å². The predicted octanol–water partition coefficient (Wildman–Crippen LogP) is 1.41. The maximum absolute atomic E-state index is 9.70. The highest BCUT2D eigenvalue weighted by Gasteiger charge is 2.80. The van der Waals surface area contributed by atoms with Gasteiger partial charge in [0, 0.05) is 17.2 Å². The first-order chi connectivity index (χ1) is 5.23. The van der Waals surface area contributed by atoms with Crippen molar-refractivity contribution in [1.82, 2.24) is 0 Å². The lowest BCUT2D eigenvalue weighted by Crippen LogP contribution is -2.10. The first-order valence-electron chi connectivity index (χ1n) is 4.17. The molecule has 0 saturated heterocycles. The quantitative estimate of drug-likeness (QED) is 0.466. The third-order valence-electron chi connectivity index (χ3n) is 4.14. The van der Waals surface area contributed by atoms with E-state index < -0.39 is 0 Å². The van der Waals surface area contributed by atoms with Crippen LogP contribution in [-0.2, 0) is 0 Å². The molecular formula is C9H11ClO. The van der Waals surface area contributed by atoms with Gasteiger partial charge in [0.2, 0.25) is 0 Å². The van der Waals surface area contributed by atoms with E-state index in [0.29, 0.717) is 23.6 Å². The molecule has 11 heavy (non-hydrogen) atoms. The average molecular weight is 171 g/mol. The molecule has 0 heterocycles. The molecule has 4 aliphatic rings. The van der Waals surface area contributed by atoms with Gasteiger partial charge in [-0.05, 0) is 18.3 Å². The van der Waals surface area contributed by atoms with E-state index in [-0.39, 0.29) is 11.5 Å². The lowest BCUT2D eigenvalue weighted by atomic mass is 10.0. The monoisotopic (exact) mass is 170 g/mol. The van der Waals surface area contributed by atoms with Crippen molar-refractivity contribution in [3.63, 3.8) is 0 Å². The van der Waals surface area contributed by atoms with Crippen LogP contribution in [0.2, 0.25) is 0 Å². The van der Waals surface area contributed by atoms with Gasteiger partial charge in [-0.15, -0.1) is 11.6 Å². The molecule has 4 bridgehead atoms. The van der Waals surface area contributed by atoms with Crippen LogP contribution in [-0.4, -0.2) is 17.1 Å². The summed E-state index contributed by atoms with van der Waals surface area (Å²) in [5.41, 5.74) is 1.43. The Kier molecular flexibility index (Phi) is 0.903. The fourth-order valence-corrected chi connectivity index (χ4v) is 4.08. The summed E-state index contributed by atoms with van der Waals surface area (Å²) in [4.78, 5) is 0. The Morgan fingerprint density at radius 3 is 2.64 bits per heavy atom. The third-order valence-corrected chi connectivity index (χ3v) is 4.58. The normalized spacial score (nSPS) is 64.0. The second kappa shape index (κ2) is 1.53. The van der Waals surface area contributed by atoms with Crippen LogP contribution in [0.1, 0.15) is 6.42 Å². The van der Waals surface area contributed by atoms with Gasteiger partial charge in [-0.25, -0.2) is 0 Å². The molecule has 0 aromatic carbocycles. The van der Waals surface area contributed by atoms with Gasteiger partial charge in [-0.3, -0.25) is 0 Å². The molecule has 4 saturated carbocycles. The fraction of sp³-hybridized carbons (Fsp3) is 0.778. The highest BCUT2D eigenvalue weighted by molar-refractivity contribution is 6.19. The molecule has 5 atom stereocenters. The minimum absolute atomic E-state index is 0.105. The van der Waals surface area contributed by atoms with E-state index in [9.17, 15) is 5.11 Å². The molecule has 1 N–H and O–H groups in total. The molecule has 0 spiro atoms. The SMILES string of the molecule is C=C1C2CC3C(C2O)C13CCl. The summed E-state index contributed by atoms with van der Waals surface area (Å²) in [6, 6.07) is 0. The topological polar surface area (TPSA) is 20.2 Å². The van der Waals surface area contributed by atoms with E-state index in [1.807, 2.05) is 0 Å². The van der Waals surface area contributed by atoms with Crippen molar-refractivity contribution in [2.45, 2.75) is 12.5 Å². The summed E-state index contributed by atoms with van der Waals surface area (Å²) in [6.07, 6.45) is 1.04. The van der Waals surface area contributed by atoms with Gasteiger partial charge in [0.25, 0.3) is 0 Å². The molecule has 0 amide bonds. The number of hydrogen-bond acceptors (Lipinski definition) is 1. The van der Waals surface area contributed by atoms with Crippen molar-refractivity contribution in [1.29, 1.82) is 0 Å². The van der Waals surface area contributed by atoms with Crippen molar-refractivity contribution in [3.05, 3.63) is 12.2 Å². The fourth-order valence-electron chi connectivity index (χ4n) is 3.53. The maximum Gasteiger partial charge on any atom is 0.0645 e. The highest BCUT2D eigenvalue weighted by Crippen LogP contribution is 2.81. The van der Waals surface area contributed by atoms with Gasteiger partial charge < -0.3 is 5.11 Å². The van der Waals surface area contributed by atoms with Crippen LogP contribution in [0.25, 0.3) is 0 Å². The van der Waals surface area contributed by atoms with Crippen LogP contribution in [0.5, 0.6) is 0 Å². The molecule has 0 aliphatic heterocycles. The first-order valence-corrected chi connectivity index (χ1v) is 4.70. The van der Waals surface area contributed by atoms with Crippen LogP contribution >= 0.6 is 11.6 Å². The Hall–Kier alpha value is -0.0100. The Labute approximate surface area is 71.0 Å². The highest BCUT2D eigenvalue weighted by atomic mass is 35.5. The molecule has 0 radical (unpaired) electrons. The zero-order chi connectivity index (χ0) is 7.80. The van der Waals surface area contributed by atoms with E-state index >= 15 is 0 Å². The summed E-state index contributed by atoms with van der Waals surface area (Å²) in [6.45, 7) is 4.05.